The van der Waals surface area contributed by atoms with Gasteiger partial charge in [-0.3, -0.25) is 4.79 Å². The molecule has 0 heterocycles. The molecule has 30 heavy (non-hydrogen) atoms. The van der Waals surface area contributed by atoms with Crippen LogP contribution in [0.4, 0.5) is 5.69 Å². The molecular weight excluding hydrogens is 380 g/mol. The quantitative estimate of drug-likeness (QED) is 0.366. The standard InChI is InChI=1S/C24H26N2O4/c1-4-13-29-22-8-6-5-7-19(22)14-20(15-25)23(27)26-21-11-9-18(10-12-21)24(28)30-16-17(2)3/h5-12,14,17H,4,13,16H2,1-3H3,(H,26,27)/b20-14+. The maximum absolute atomic E-state index is 12.5. The summed E-state index contributed by atoms with van der Waals surface area (Å²) in [7, 11) is 0. The minimum atomic E-state index is -0.544. The number of para-hydroxylation sites is 1. The smallest absolute Gasteiger partial charge is 0.338 e. The van der Waals surface area contributed by atoms with Crippen LogP contribution in [0.15, 0.2) is 54.1 Å². The number of ether oxygens (including phenoxy) is 2. The number of nitrogens with zero attached hydrogens (tertiary/aromatic N) is 1. The van der Waals surface area contributed by atoms with E-state index in [0.29, 0.717) is 35.8 Å². The number of rotatable bonds is 9. The van der Waals surface area contributed by atoms with Crippen LogP contribution < -0.4 is 10.1 Å². The molecule has 1 amide bonds. The van der Waals surface area contributed by atoms with E-state index < -0.39 is 11.9 Å². The minimum Gasteiger partial charge on any atom is -0.493 e. The highest BCUT2D eigenvalue weighted by Gasteiger charge is 2.13. The van der Waals surface area contributed by atoms with E-state index in [1.54, 1.807) is 36.4 Å². The van der Waals surface area contributed by atoms with Crippen LogP contribution in [-0.2, 0) is 9.53 Å². The molecule has 6 nitrogen and oxygen atoms in total. The van der Waals surface area contributed by atoms with Crippen molar-refractivity contribution < 1.29 is 19.1 Å². The van der Waals surface area contributed by atoms with Crippen molar-refractivity contribution in [1.29, 1.82) is 5.26 Å². The first-order valence-corrected chi connectivity index (χ1v) is 9.86. The van der Waals surface area contributed by atoms with Gasteiger partial charge in [0, 0.05) is 11.3 Å². The van der Waals surface area contributed by atoms with Gasteiger partial charge in [0.15, 0.2) is 0 Å². The zero-order chi connectivity index (χ0) is 21.9. The van der Waals surface area contributed by atoms with Gasteiger partial charge in [0.25, 0.3) is 5.91 Å². The molecule has 2 rings (SSSR count). The lowest BCUT2D eigenvalue weighted by Crippen LogP contribution is -2.14. The van der Waals surface area contributed by atoms with Gasteiger partial charge in [-0.25, -0.2) is 4.79 Å². The van der Waals surface area contributed by atoms with Gasteiger partial charge >= 0.3 is 5.97 Å². The number of carbonyl (C=O) groups excluding carboxylic acids is 2. The topological polar surface area (TPSA) is 88.4 Å². The SMILES string of the molecule is CCCOc1ccccc1/C=C(\C#N)C(=O)Nc1ccc(C(=O)OCC(C)C)cc1. The fourth-order valence-electron chi connectivity index (χ4n) is 2.46. The van der Waals surface area contributed by atoms with E-state index in [4.69, 9.17) is 9.47 Å². The molecule has 0 aliphatic heterocycles. The minimum absolute atomic E-state index is 0.0528. The largest absolute Gasteiger partial charge is 0.493 e. The first kappa shape index (κ1) is 22.7. The monoisotopic (exact) mass is 406 g/mol. The molecule has 0 spiro atoms. The summed E-state index contributed by atoms with van der Waals surface area (Å²) in [5.74, 6) is -0.0915. The second-order valence-electron chi connectivity index (χ2n) is 7.08. The number of hydrogen-bond donors (Lipinski definition) is 1. The van der Waals surface area contributed by atoms with Crippen molar-refractivity contribution in [3.05, 3.63) is 65.2 Å². The summed E-state index contributed by atoms with van der Waals surface area (Å²) in [5, 5.41) is 12.1. The van der Waals surface area contributed by atoms with Crippen LogP contribution in [0.1, 0.15) is 43.1 Å². The number of carbonyl (C=O) groups is 2. The number of amides is 1. The van der Waals surface area contributed by atoms with Crippen LogP contribution in [0, 0.1) is 17.2 Å². The van der Waals surface area contributed by atoms with Crippen molar-refractivity contribution in [3.63, 3.8) is 0 Å². The number of nitriles is 1. The summed E-state index contributed by atoms with van der Waals surface area (Å²) in [6, 6.07) is 15.5. The molecule has 0 fully saturated rings. The third-order valence-corrected chi connectivity index (χ3v) is 3.97. The predicted octanol–water partition coefficient (Wildman–Crippen LogP) is 4.83. The van der Waals surface area contributed by atoms with E-state index in [2.05, 4.69) is 5.32 Å². The third kappa shape index (κ3) is 6.78. The fourth-order valence-corrected chi connectivity index (χ4v) is 2.46. The Kier molecular flexibility index (Phi) is 8.64. The summed E-state index contributed by atoms with van der Waals surface area (Å²) in [6.45, 7) is 6.81. The lowest BCUT2D eigenvalue weighted by Gasteiger charge is -2.09. The van der Waals surface area contributed by atoms with E-state index >= 15 is 0 Å². The Bertz CT molecular complexity index is 940. The number of benzene rings is 2. The Morgan fingerprint density at radius 3 is 2.47 bits per heavy atom. The molecule has 156 valence electrons. The Labute approximate surface area is 177 Å². The van der Waals surface area contributed by atoms with Gasteiger partial charge in [-0.2, -0.15) is 5.26 Å². The molecule has 0 unspecified atom stereocenters. The number of nitrogens with one attached hydrogen (secondary N) is 1. The molecular formula is C24H26N2O4. The maximum Gasteiger partial charge on any atom is 0.338 e. The summed E-state index contributed by atoms with van der Waals surface area (Å²) in [4.78, 5) is 24.5. The average Bonchev–Trinajstić information content (AvgIpc) is 2.75. The molecule has 0 atom stereocenters. The van der Waals surface area contributed by atoms with Crippen LogP contribution in [0.2, 0.25) is 0 Å². The second-order valence-corrected chi connectivity index (χ2v) is 7.08. The average molecular weight is 406 g/mol. The summed E-state index contributed by atoms with van der Waals surface area (Å²) < 4.78 is 10.9. The normalized spacial score (nSPS) is 11.0. The van der Waals surface area contributed by atoms with Crippen LogP contribution in [-0.4, -0.2) is 25.1 Å². The summed E-state index contributed by atoms with van der Waals surface area (Å²) >= 11 is 0. The molecule has 1 N–H and O–H groups in total. The summed E-state index contributed by atoms with van der Waals surface area (Å²) in [6.07, 6.45) is 2.35. The van der Waals surface area contributed by atoms with Crippen LogP contribution >= 0.6 is 0 Å². The van der Waals surface area contributed by atoms with E-state index in [1.165, 1.54) is 6.08 Å². The highest BCUT2D eigenvalue weighted by Crippen LogP contribution is 2.22. The van der Waals surface area contributed by atoms with Gasteiger partial charge < -0.3 is 14.8 Å². The van der Waals surface area contributed by atoms with Gasteiger partial charge in [0.1, 0.15) is 17.4 Å². The van der Waals surface area contributed by atoms with E-state index in [-0.39, 0.29) is 11.5 Å². The first-order valence-electron chi connectivity index (χ1n) is 9.86. The molecule has 2 aromatic carbocycles. The third-order valence-electron chi connectivity index (χ3n) is 3.97. The van der Waals surface area contributed by atoms with E-state index in [9.17, 15) is 14.9 Å². The molecule has 2 aromatic rings. The summed E-state index contributed by atoms with van der Waals surface area (Å²) in [5.41, 5.74) is 1.47. The molecule has 0 bridgehead atoms. The predicted molar refractivity (Wildman–Crippen MR) is 116 cm³/mol. The van der Waals surface area contributed by atoms with Crippen molar-refractivity contribution in [2.24, 2.45) is 5.92 Å². The van der Waals surface area contributed by atoms with Gasteiger partial charge in [-0.1, -0.05) is 39.0 Å². The van der Waals surface area contributed by atoms with Gasteiger partial charge in [-0.05, 0) is 48.7 Å². The molecule has 0 aliphatic carbocycles. The van der Waals surface area contributed by atoms with Crippen LogP contribution in [0.5, 0.6) is 5.75 Å². The Balaban J connectivity index is 2.10. The Hall–Kier alpha value is -3.59. The van der Waals surface area contributed by atoms with Crippen LogP contribution in [0.3, 0.4) is 0 Å². The van der Waals surface area contributed by atoms with Gasteiger partial charge in [0.2, 0.25) is 0 Å². The lowest BCUT2D eigenvalue weighted by atomic mass is 10.1. The maximum atomic E-state index is 12.5. The van der Waals surface area contributed by atoms with Gasteiger partial charge in [0.05, 0.1) is 18.8 Å². The Morgan fingerprint density at radius 2 is 1.83 bits per heavy atom. The molecule has 0 saturated carbocycles. The van der Waals surface area contributed by atoms with Crippen molar-refractivity contribution in [3.8, 4) is 11.8 Å². The van der Waals surface area contributed by atoms with Gasteiger partial charge in [-0.15, -0.1) is 0 Å². The van der Waals surface area contributed by atoms with Crippen LogP contribution in [0.25, 0.3) is 6.08 Å². The number of hydrogen-bond acceptors (Lipinski definition) is 5. The molecule has 6 heteroatoms. The highest BCUT2D eigenvalue weighted by molar-refractivity contribution is 6.10. The van der Waals surface area contributed by atoms with Crippen molar-refractivity contribution in [2.75, 3.05) is 18.5 Å². The zero-order valence-corrected chi connectivity index (χ0v) is 17.5. The molecule has 0 radical (unpaired) electrons. The first-order chi connectivity index (χ1) is 14.4. The van der Waals surface area contributed by atoms with E-state index in [0.717, 1.165) is 6.42 Å². The molecule has 0 aliphatic rings. The lowest BCUT2D eigenvalue weighted by molar-refractivity contribution is -0.112. The second kappa shape index (κ2) is 11.4. The van der Waals surface area contributed by atoms with E-state index in [1.807, 2.05) is 39.0 Å². The zero-order valence-electron chi connectivity index (χ0n) is 17.5. The van der Waals surface area contributed by atoms with Crippen molar-refractivity contribution in [1.82, 2.24) is 0 Å². The Morgan fingerprint density at radius 1 is 1.13 bits per heavy atom. The molecule has 0 aromatic heterocycles. The fraction of sp³-hybridized carbons (Fsp3) is 0.292. The highest BCUT2D eigenvalue weighted by atomic mass is 16.5. The molecule has 0 saturated heterocycles. The van der Waals surface area contributed by atoms with Crippen molar-refractivity contribution in [2.45, 2.75) is 27.2 Å². The number of esters is 1. The van der Waals surface area contributed by atoms with Crippen molar-refractivity contribution >= 4 is 23.6 Å². The number of anilines is 1.